The number of nitrogens with zero attached hydrogens (tertiary/aromatic N) is 2. The smallest absolute Gasteiger partial charge is 0.105 e. The average molecular weight is 189 g/mol. The molecule has 4 heteroatoms. The Hall–Kier alpha value is -0.540. The molecule has 0 saturated carbocycles. The fourth-order valence-corrected chi connectivity index (χ4v) is 1.55. The summed E-state index contributed by atoms with van der Waals surface area (Å²) in [5.41, 5.74) is -0.214. The van der Waals surface area contributed by atoms with E-state index in [1.807, 2.05) is 6.92 Å². The van der Waals surface area contributed by atoms with Crippen molar-refractivity contribution in [3.05, 3.63) is 16.9 Å². The maximum atomic E-state index is 9.90. The van der Waals surface area contributed by atoms with Crippen molar-refractivity contribution in [2.75, 3.05) is 0 Å². The van der Waals surface area contributed by atoms with Crippen molar-refractivity contribution in [3.8, 4) is 0 Å². The van der Waals surface area contributed by atoms with Crippen LogP contribution in [0.5, 0.6) is 0 Å². The standard InChI is InChI=1S/C8H13ClN2O/c1-4-8(2,12)7-6(9)5-10-11(7)3/h5,12H,4H2,1-3H3. The highest BCUT2D eigenvalue weighted by Gasteiger charge is 2.27. The third-order valence-corrected chi connectivity index (χ3v) is 2.37. The molecule has 12 heavy (non-hydrogen) atoms. The second kappa shape index (κ2) is 3.07. The first-order valence-corrected chi connectivity index (χ1v) is 4.27. The lowest BCUT2D eigenvalue weighted by atomic mass is 9.99. The topological polar surface area (TPSA) is 38.1 Å². The van der Waals surface area contributed by atoms with E-state index in [4.69, 9.17) is 11.6 Å². The maximum Gasteiger partial charge on any atom is 0.105 e. The molecule has 1 rings (SSSR count). The van der Waals surface area contributed by atoms with Crippen LogP contribution >= 0.6 is 11.6 Å². The van der Waals surface area contributed by atoms with E-state index in [0.717, 1.165) is 0 Å². The van der Waals surface area contributed by atoms with E-state index in [1.54, 1.807) is 24.9 Å². The minimum atomic E-state index is -0.887. The molecule has 0 aliphatic carbocycles. The molecular formula is C8H13ClN2O. The van der Waals surface area contributed by atoms with E-state index >= 15 is 0 Å². The summed E-state index contributed by atoms with van der Waals surface area (Å²) in [5, 5.41) is 14.4. The van der Waals surface area contributed by atoms with Gasteiger partial charge in [0.1, 0.15) is 5.60 Å². The van der Waals surface area contributed by atoms with Crippen LogP contribution in [0.1, 0.15) is 26.0 Å². The first kappa shape index (κ1) is 9.55. The molecule has 1 aromatic heterocycles. The Kier molecular flexibility index (Phi) is 2.44. The van der Waals surface area contributed by atoms with Gasteiger partial charge in [-0.1, -0.05) is 18.5 Å². The van der Waals surface area contributed by atoms with Gasteiger partial charge in [-0.3, -0.25) is 4.68 Å². The van der Waals surface area contributed by atoms with Crippen molar-refractivity contribution < 1.29 is 5.11 Å². The molecule has 1 unspecified atom stereocenters. The number of aromatic nitrogens is 2. The molecule has 68 valence electrons. The van der Waals surface area contributed by atoms with Crippen molar-refractivity contribution >= 4 is 11.6 Å². The second-order valence-corrected chi connectivity index (χ2v) is 3.50. The van der Waals surface area contributed by atoms with Crippen LogP contribution in [0.15, 0.2) is 6.20 Å². The van der Waals surface area contributed by atoms with E-state index in [2.05, 4.69) is 5.10 Å². The van der Waals surface area contributed by atoms with E-state index in [0.29, 0.717) is 17.1 Å². The zero-order chi connectivity index (χ0) is 9.35. The van der Waals surface area contributed by atoms with Crippen molar-refractivity contribution in [2.45, 2.75) is 25.9 Å². The fourth-order valence-electron chi connectivity index (χ4n) is 1.18. The SMILES string of the molecule is CCC(C)(O)c1c(Cl)cnn1C. The fraction of sp³-hybridized carbons (Fsp3) is 0.625. The maximum absolute atomic E-state index is 9.90. The molecule has 1 atom stereocenters. The predicted octanol–water partition coefficient (Wildman–Crippen LogP) is 1.69. The summed E-state index contributed by atoms with van der Waals surface area (Å²) >= 11 is 5.87. The molecule has 0 aromatic carbocycles. The van der Waals surface area contributed by atoms with Crippen molar-refractivity contribution in [2.24, 2.45) is 7.05 Å². The van der Waals surface area contributed by atoms with Gasteiger partial charge < -0.3 is 5.11 Å². The number of hydrogen-bond acceptors (Lipinski definition) is 2. The Morgan fingerprint density at radius 3 is 2.67 bits per heavy atom. The molecule has 0 amide bonds. The number of aliphatic hydroxyl groups is 1. The lowest BCUT2D eigenvalue weighted by Gasteiger charge is -2.21. The van der Waals surface area contributed by atoms with Crippen molar-refractivity contribution in [3.63, 3.8) is 0 Å². The van der Waals surface area contributed by atoms with Crippen LogP contribution in [-0.2, 0) is 12.6 Å². The summed E-state index contributed by atoms with van der Waals surface area (Å²) in [6.07, 6.45) is 2.16. The molecule has 0 saturated heterocycles. The van der Waals surface area contributed by atoms with E-state index in [1.165, 1.54) is 0 Å². The molecule has 1 aromatic rings. The minimum Gasteiger partial charge on any atom is -0.384 e. The van der Waals surface area contributed by atoms with E-state index < -0.39 is 5.60 Å². The van der Waals surface area contributed by atoms with Crippen LogP contribution in [0.4, 0.5) is 0 Å². The Bertz CT molecular complexity index is 261. The van der Waals surface area contributed by atoms with Gasteiger partial charge in [0.2, 0.25) is 0 Å². The van der Waals surface area contributed by atoms with Crippen LogP contribution in [0.25, 0.3) is 0 Å². The van der Waals surface area contributed by atoms with Crippen molar-refractivity contribution in [1.29, 1.82) is 0 Å². The van der Waals surface area contributed by atoms with Gasteiger partial charge in [-0.25, -0.2) is 0 Å². The molecule has 0 spiro atoms. The van der Waals surface area contributed by atoms with Gasteiger partial charge in [0.15, 0.2) is 0 Å². The van der Waals surface area contributed by atoms with Gasteiger partial charge >= 0.3 is 0 Å². The number of rotatable bonds is 2. The molecule has 3 nitrogen and oxygen atoms in total. The van der Waals surface area contributed by atoms with Crippen LogP contribution in [0, 0.1) is 0 Å². The molecule has 0 aliphatic heterocycles. The molecule has 0 fully saturated rings. The minimum absolute atomic E-state index is 0.518. The summed E-state index contributed by atoms with van der Waals surface area (Å²) in [6, 6.07) is 0. The largest absolute Gasteiger partial charge is 0.384 e. The van der Waals surface area contributed by atoms with Crippen LogP contribution in [0.3, 0.4) is 0 Å². The third-order valence-electron chi connectivity index (χ3n) is 2.09. The lowest BCUT2D eigenvalue weighted by molar-refractivity contribution is 0.0446. The van der Waals surface area contributed by atoms with E-state index in [9.17, 15) is 5.11 Å². The van der Waals surface area contributed by atoms with E-state index in [-0.39, 0.29) is 0 Å². The van der Waals surface area contributed by atoms with Crippen LogP contribution in [0.2, 0.25) is 5.02 Å². The molecule has 1 heterocycles. The first-order chi connectivity index (χ1) is 5.49. The lowest BCUT2D eigenvalue weighted by Crippen LogP contribution is -2.23. The third kappa shape index (κ3) is 1.47. The normalized spacial score (nSPS) is 16.1. The molecular weight excluding hydrogens is 176 g/mol. The highest BCUT2D eigenvalue weighted by Crippen LogP contribution is 2.29. The zero-order valence-electron chi connectivity index (χ0n) is 7.50. The second-order valence-electron chi connectivity index (χ2n) is 3.09. The number of halogens is 1. The first-order valence-electron chi connectivity index (χ1n) is 3.89. The van der Waals surface area contributed by atoms with Gasteiger partial charge in [-0.05, 0) is 13.3 Å². The number of aryl methyl sites for hydroxylation is 1. The summed E-state index contributed by atoms with van der Waals surface area (Å²) in [6.45, 7) is 3.64. The summed E-state index contributed by atoms with van der Waals surface area (Å²) in [7, 11) is 1.77. The zero-order valence-corrected chi connectivity index (χ0v) is 8.26. The highest BCUT2D eigenvalue weighted by atomic mass is 35.5. The Morgan fingerprint density at radius 1 is 1.75 bits per heavy atom. The Balaban J connectivity index is 3.17. The molecule has 0 aliphatic rings. The van der Waals surface area contributed by atoms with Gasteiger partial charge in [0.25, 0.3) is 0 Å². The Morgan fingerprint density at radius 2 is 2.33 bits per heavy atom. The van der Waals surface area contributed by atoms with Crippen molar-refractivity contribution in [1.82, 2.24) is 9.78 Å². The summed E-state index contributed by atoms with van der Waals surface area (Å²) < 4.78 is 1.60. The molecule has 1 N–H and O–H groups in total. The molecule has 0 radical (unpaired) electrons. The quantitative estimate of drug-likeness (QED) is 0.767. The van der Waals surface area contributed by atoms with Gasteiger partial charge in [-0.2, -0.15) is 5.10 Å². The van der Waals surface area contributed by atoms with Gasteiger partial charge in [-0.15, -0.1) is 0 Å². The number of hydrogen-bond donors (Lipinski definition) is 1. The van der Waals surface area contributed by atoms with Gasteiger partial charge in [0.05, 0.1) is 16.9 Å². The summed E-state index contributed by atoms with van der Waals surface area (Å²) in [4.78, 5) is 0. The summed E-state index contributed by atoms with van der Waals surface area (Å²) in [5.74, 6) is 0. The monoisotopic (exact) mass is 188 g/mol. The predicted molar refractivity (Wildman–Crippen MR) is 48.1 cm³/mol. The molecule has 0 bridgehead atoms. The van der Waals surface area contributed by atoms with Crippen LogP contribution < -0.4 is 0 Å². The average Bonchev–Trinajstić information content (AvgIpc) is 2.31. The van der Waals surface area contributed by atoms with Gasteiger partial charge in [0, 0.05) is 7.05 Å². The Labute approximate surface area is 77.0 Å². The van der Waals surface area contributed by atoms with Crippen LogP contribution in [-0.4, -0.2) is 14.9 Å². The highest BCUT2D eigenvalue weighted by molar-refractivity contribution is 6.31.